The first-order chi connectivity index (χ1) is 12.0. The molecule has 0 spiro atoms. The number of anilines is 2. The van der Waals surface area contributed by atoms with Gasteiger partial charge in [-0.25, -0.2) is 4.98 Å². The summed E-state index contributed by atoms with van der Waals surface area (Å²) in [7, 11) is -1.51. The minimum Gasteiger partial charge on any atom is -0.423 e. The zero-order valence-electron chi connectivity index (χ0n) is 13.1. The summed E-state index contributed by atoms with van der Waals surface area (Å²) in [6.07, 6.45) is 0. The van der Waals surface area contributed by atoms with Crippen molar-refractivity contribution in [1.82, 2.24) is 9.97 Å². The van der Waals surface area contributed by atoms with Crippen molar-refractivity contribution in [3.8, 4) is 28.5 Å². The molecule has 0 bridgehead atoms. The smallest absolute Gasteiger partial charge is 0.423 e. The third kappa shape index (κ3) is 3.28. The summed E-state index contributed by atoms with van der Waals surface area (Å²) in [5, 5.41) is 27.7. The van der Waals surface area contributed by atoms with Crippen molar-refractivity contribution >= 4 is 24.3 Å². The molecule has 0 atom stereocenters. The van der Waals surface area contributed by atoms with E-state index >= 15 is 0 Å². The van der Waals surface area contributed by atoms with Crippen LogP contribution in [-0.4, -0.2) is 27.1 Å². The summed E-state index contributed by atoms with van der Waals surface area (Å²) in [5.74, 6) is 0.0369. The molecule has 3 rings (SSSR count). The lowest BCUT2D eigenvalue weighted by molar-refractivity contribution is 0.426. The van der Waals surface area contributed by atoms with Crippen LogP contribution in [0.15, 0.2) is 48.5 Å². The molecular formula is C17H14BN5O2. The number of hydrogen-bond donors (Lipinski definition) is 4. The first kappa shape index (κ1) is 16.5. The molecule has 3 aromatic rings. The second kappa shape index (κ2) is 6.61. The third-order valence-corrected chi connectivity index (χ3v) is 3.74. The average molecular weight is 331 g/mol. The van der Waals surface area contributed by atoms with Gasteiger partial charge in [-0.15, -0.1) is 0 Å². The van der Waals surface area contributed by atoms with Crippen molar-refractivity contribution in [2.45, 2.75) is 0 Å². The van der Waals surface area contributed by atoms with Crippen LogP contribution in [-0.2, 0) is 0 Å². The first-order valence-corrected chi connectivity index (χ1v) is 7.39. The van der Waals surface area contributed by atoms with Gasteiger partial charge in [-0.2, -0.15) is 10.2 Å². The quantitative estimate of drug-likeness (QED) is 0.513. The number of nitriles is 1. The topological polar surface area (TPSA) is 142 Å². The predicted octanol–water partition coefficient (Wildman–Crippen LogP) is 0.526. The van der Waals surface area contributed by atoms with Gasteiger partial charge in [-0.1, -0.05) is 42.5 Å². The molecule has 7 nitrogen and oxygen atoms in total. The second-order valence-electron chi connectivity index (χ2n) is 5.38. The van der Waals surface area contributed by atoms with Gasteiger partial charge in [0.2, 0.25) is 5.95 Å². The normalized spacial score (nSPS) is 10.3. The Labute approximate surface area is 144 Å². The van der Waals surface area contributed by atoms with E-state index in [1.807, 2.05) is 24.3 Å². The van der Waals surface area contributed by atoms with Crippen LogP contribution < -0.4 is 16.9 Å². The Kier molecular flexibility index (Phi) is 4.35. The maximum Gasteiger partial charge on any atom is 0.488 e. The van der Waals surface area contributed by atoms with Crippen molar-refractivity contribution in [3.05, 3.63) is 54.1 Å². The van der Waals surface area contributed by atoms with Crippen LogP contribution in [0, 0.1) is 11.3 Å². The molecule has 0 amide bonds. The van der Waals surface area contributed by atoms with E-state index in [-0.39, 0.29) is 17.3 Å². The Balaban J connectivity index is 2.08. The van der Waals surface area contributed by atoms with Crippen LogP contribution in [0.3, 0.4) is 0 Å². The van der Waals surface area contributed by atoms with E-state index in [9.17, 15) is 15.3 Å². The van der Waals surface area contributed by atoms with Gasteiger partial charge in [0.1, 0.15) is 17.5 Å². The highest BCUT2D eigenvalue weighted by Gasteiger charge is 2.14. The van der Waals surface area contributed by atoms with Gasteiger partial charge in [0.05, 0.1) is 5.69 Å². The molecule has 0 radical (unpaired) electrons. The molecule has 0 aliphatic carbocycles. The molecule has 0 saturated carbocycles. The fourth-order valence-electron chi connectivity index (χ4n) is 2.51. The van der Waals surface area contributed by atoms with E-state index in [0.29, 0.717) is 16.7 Å². The van der Waals surface area contributed by atoms with Gasteiger partial charge in [-0.3, -0.25) is 0 Å². The zero-order chi connectivity index (χ0) is 18.0. The van der Waals surface area contributed by atoms with Crippen molar-refractivity contribution in [1.29, 1.82) is 5.26 Å². The number of benzene rings is 2. The summed E-state index contributed by atoms with van der Waals surface area (Å²) in [6, 6.07) is 16.2. The largest absolute Gasteiger partial charge is 0.488 e. The Bertz CT molecular complexity index is 968. The molecule has 2 aromatic carbocycles. The first-order valence-electron chi connectivity index (χ1n) is 7.39. The molecule has 122 valence electrons. The van der Waals surface area contributed by atoms with Crippen LogP contribution in [0.2, 0.25) is 0 Å². The predicted molar refractivity (Wildman–Crippen MR) is 96.3 cm³/mol. The lowest BCUT2D eigenvalue weighted by Gasteiger charge is -2.09. The van der Waals surface area contributed by atoms with Crippen LogP contribution in [0.1, 0.15) is 5.56 Å². The SMILES string of the molecule is N#Cc1c(N)nc(N)nc1-c1cccc(-c2ccc(B(O)O)cc2)c1. The minimum absolute atomic E-state index is 0.00168. The fraction of sp³-hybridized carbons (Fsp3) is 0. The van der Waals surface area contributed by atoms with E-state index in [4.69, 9.17) is 11.5 Å². The summed E-state index contributed by atoms with van der Waals surface area (Å²) >= 11 is 0. The Morgan fingerprint density at radius 3 is 2.24 bits per heavy atom. The monoisotopic (exact) mass is 331 g/mol. The van der Waals surface area contributed by atoms with Crippen molar-refractivity contribution in [3.63, 3.8) is 0 Å². The Hall–Kier alpha value is -3.41. The van der Waals surface area contributed by atoms with E-state index in [1.165, 1.54) is 0 Å². The van der Waals surface area contributed by atoms with E-state index in [2.05, 4.69) is 9.97 Å². The number of nitrogens with two attached hydrogens (primary N) is 2. The molecular weight excluding hydrogens is 317 g/mol. The maximum absolute atomic E-state index is 9.32. The highest BCUT2D eigenvalue weighted by Crippen LogP contribution is 2.29. The van der Waals surface area contributed by atoms with Crippen molar-refractivity contribution in [2.24, 2.45) is 0 Å². The van der Waals surface area contributed by atoms with Gasteiger partial charge < -0.3 is 21.5 Å². The minimum atomic E-state index is -1.51. The molecule has 1 aromatic heterocycles. The van der Waals surface area contributed by atoms with Crippen molar-refractivity contribution in [2.75, 3.05) is 11.5 Å². The van der Waals surface area contributed by atoms with Crippen LogP contribution in [0.5, 0.6) is 0 Å². The number of aromatic nitrogens is 2. The molecule has 0 unspecified atom stereocenters. The van der Waals surface area contributed by atoms with E-state index in [1.54, 1.807) is 30.3 Å². The average Bonchev–Trinajstić information content (AvgIpc) is 2.61. The van der Waals surface area contributed by atoms with Gasteiger partial charge in [0.15, 0.2) is 0 Å². The summed E-state index contributed by atoms with van der Waals surface area (Å²) in [4.78, 5) is 7.96. The molecule has 8 heteroatoms. The summed E-state index contributed by atoms with van der Waals surface area (Å²) in [6.45, 7) is 0. The third-order valence-electron chi connectivity index (χ3n) is 3.74. The molecule has 0 aliphatic rings. The number of nitrogens with zero attached hydrogens (tertiary/aromatic N) is 3. The summed E-state index contributed by atoms with van der Waals surface area (Å²) in [5.41, 5.74) is 14.8. The molecule has 6 N–H and O–H groups in total. The molecule has 0 saturated heterocycles. The van der Waals surface area contributed by atoms with Crippen molar-refractivity contribution < 1.29 is 10.0 Å². The van der Waals surface area contributed by atoms with Crippen LogP contribution in [0.4, 0.5) is 11.8 Å². The Morgan fingerprint density at radius 1 is 0.920 bits per heavy atom. The fourth-order valence-corrected chi connectivity index (χ4v) is 2.51. The number of nitrogen functional groups attached to an aromatic ring is 2. The Morgan fingerprint density at radius 2 is 1.60 bits per heavy atom. The highest BCUT2D eigenvalue weighted by atomic mass is 16.4. The van der Waals surface area contributed by atoms with E-state index < -0.39 is 7.12 Å². The van der Waals surface area contributed by atoms with Gasteiger partial charge in [0, 0.05) is 5.56 Å². The van der Waals surface area contributed by atoms with Crippen LogP contribution >= 0.6 is 0 Å². The molecule has 0 aliphatic heterocycles. The van der Waals surface area contributed by atoms with Gasteiger partial charge in [0.25, 0.3) is 0 Å². The van der Waals surface area contributed by atoms with E-state index in [0.717, 1.165) is 11.1 Å². The molecule has 0 fully saturated rings. The maximum atomic E-state index is 9.32. The van der Waals surface area contributed by atoms with Crippen LogP contribution in [0.25, 0.3) is 22.4 Å². The van der Waals surface area contributed by atoms with Gasteiger partial charge in [-0.05, 0) is 22.7 Å². The standard InChI is InChI=1S/C17H14BN5O2/c19-9-14-15(22-17(21)23-16(14)20)12-3-1-2-11(8-12)10-4-6-13(7-5-10)18(24)25/h1-8,24-25H,(H4,20,21,22,23). The highest BCUT2D eigenvalue weighted by molar-refractivity contribution is 6.58. The summed E-state index contributed by atoms with van der Waals surface area (Å²) < 4.78 is 0. The molecule has 1 heterocycles. The number of hydrogen-bond acceptors (Lipinski definition) is 7. The second-order valence-corrected chi connectivity index (χ2v) is 5.38. The number of rotatable bonds is 3. The lowest BCUT2D eigenvalue weighted by atomic mass is 9.80. The van der Waals surface area contributed by atoms with Gasteiger partial charge >= 0.3 is 7.12 Å². The lowest BCUT2D eigenvalue weighted by Crippen LogP contribution is -2.29. The zero-order valence-corrected chi connectivity index (χ0v) is 13.1. The molecule has 25 heavy (non-hydrogen) atoms.